The summed E-state index contributed by atoms with van der Waals surface area (Å²) in [6.45, 7) is 0. The summed E-state index contributed by atoms with van der Waals surface area (Å²) in [5.74, 6) is 0.0123. The summed E-state index contributed by atoms with van der Waals surface area (Å²) in [7, 11) is 4.75. The smallest absolute Gasteiger partial charge is 0.335 e. The van der Waals surface area contributed by atoms with Crippen molar-refractivity contribution in [1.82, 2.24) is 4.90 Å². The normalized spacial score (nSPS) is 16.7. The van der Waals surface area contributed by atoms with E-state index in [1.807, 2.05) is 6.07 Å². The number of aromatic carboxylic acids is 1. The van der Waals surface area contributed by atoms with Gasteiger partial charge in [-0.05, 0) is 48.2 Å². The van der Waals surface area contributed by atoms with Crippen LogP contribution >= 0.6 is 11.8 Å². The lowest BCUT2D eigenvalue weighted by Crippen LogP contribution is -2.23. The largest absolute Gasteiger partial charge is 0.497 e. The maximum Gasteiger partial charge on any atom is 0.335 e. The highest BCUT2D eigenvalue weighted by atomic mass is 32.2. The molecule has 0 spiro atoms. The zero-order valence-corrected chi connectivity index (χ0v) is 16.3. The lowest BCUT2D eigenvalue weighted by molar-refractivity contribution is -0.121. The fourth-order valence-corrected chi connectivity index (χ4v) is 3.53. The number of likely N-dealkylation sites (N-methyl/N-ethyl adjacent to an activating group) is 1. The number of amidine groups is 1. The van der Waals surface area contributed by atoms with Gasteiger partial charge in [-0.2, -0.15) is 0 Å². The van der Waals surface area contributed by atoms with E-state index in [0.29, 0.717) is 27.3 Å². The van der Waals surface area contributed by atoms with Gasteiger partial charge in [-0.15, -0.1) is 0 Å². The van der Waals surface area contributed by atoms with Gasteiger partial charge in [0.1, 0.15) is 11.5 Å². The molecule has 1 aliphatic heterocycles. The summed E-state index contributed by atoms with van der Waals surface area (Å²) in [5.41, 5.74) is 1.34. The Kier molecular flexibility index (Phi) is 5.70. The second-order valence-electron chi connectivity index (χ2n) is 5.83. The Bertz CT molecular complexity index is 1000. The average molecular weight is 398 g/mol. The van der Waals surface area contributed by atoms with Crippen LogP contribution in [-0.4, -0.2) is 48.3 Å². The first kappa shape index (κ1) is 19.5. The molecule has 0 aliphatic carbocycles. The summed E-state index contributed by atoms with van der Waals surface area (Å²) in [5, 5.41) is 9.57. The molecule has 1 N–H and O–H groups in total. The van der Waals surface area contributed by atoms with Crippen LogP contribution in [-0.2, 0) is 4.79 Å². The number of ether oxygens (including phenoxy) is 2. The third-order valence-corrected chi connectivity index (χ3v) is 5.11. The zero-order valence-electron chi connectivity index (χ0n) is 15.5. The van der Waals surface area contributed by atoms with Crippen molar-refractivity contribution >= 4 is 40.6 Å². The van der Waals surface area contributed by atoms with Crippen LogP contribution in [0.1, 0.15) is 15.9 Å². The lowest BCUT2D eigenvalue weighted by atomic mass is 10.1. The molecule has 0 saturated carbocycles. The van der Waals surface area contributed by atoms with E-state index in [0.717, 1.165) is 5.56 Å². The minimum absolute atomic E-state index is 0.137. The van der Waals surface area contributed by atoms with E-state index in [2.05, 4.69) is 4.99 Å². The molecule has 2 aromatic rings. The number of nitrogens with zero attached hydrogens (tertiary/aromatic N) is 2. The molecular weight excluding hydrogens is 380 g/mol. The van der Waals surface area contributed by atoms with Gasteiger partial charge in [-0.25, -0.2) is 9.79 Å². The second-order valence-corrected chi connectivity index (χ2v) is 6.84. The number of carbonyl (C=O) groups excluding carboxylic acids is 1. The van der Waals surface area contributed by atoms with Crippen LogP contribution in [0.5, 0.6) is 11.5 Å². The molecule has 1 saturated heterocycles. The highest BCUT2D eigenvalue weighted by Crippen LogP contribution is 2.35. The molecular formula is C20H18N2O5S. The molecule has 0 aromatic heterocycles. The highest BCUT2D eigenvalue weighted by Gasteiger charge is 2.30. The molecule has 1 aliphatic rings. The highest BCUT2D eigenvalue weighted by molar-refractivity contribution is 8.18. The summed E-state index contributed by atoms with van der Waals surface area (Å²) in [6, 6.07) is 11.6. The summed E-state index contributed by atoms with van der Waals surface area (Å²) >= 11 is 1.21. The molecule has 3 rings (SSSR count). The minimum Gasteiger partial charge on any atom is -0.497 e. The predicted octanol–water partition coefficient (Wildman–Crippen LogP) is 3.64. The number of amides is 1. The molecule has 0 unspecified atom stereocenters. The summed E-state index contributed by atoms with van der Waals surface area (Å²) in [4.78, 5) is 30.1. The van der Waals surface area contributed by atoms with E-state index in [1.54, 1.807) is 51.6 Å². The van der Waals surface area contributed by atoms with E-state index in [9.17, 15) is 9.59 Å². The van der Waals surface area contributed by atoms with Crippen LogP contribution in [0.3, 0.4) is 0 Å². The van der Waals surface area contributed by atoms with Crippen LogP contribution in [0.25, 0.3) is 6.08 Å². The molecule has 0 bridgehead atoms. The van der Waals surface area contributed by atoms with Gasteiger partial charge in [0.05, 0.1) is 30.4 Å². The van der Waals surface area contributed by atoms with Crippen molar-refractivity contribution in [2.45, 2.75) is 0 Å². The van der Waals surface area contributed by atoms with Gasteiger partial charge in [0, 0.05) is 18.7 Å². The Labute approximate surface area is 166 Å². The number of carboxylic acids is 1. The number of methoxy groups -OCH3 is 2. The summed E-state index contributed by atoms with van der Waals surface area (Å²) < 4.78 is 10.6. The van der Waals surface area contributed by atoms with Crippen molar-refractivity contribution in [3.63, 3.8) is 0 Å². The number of thioether (sulfide) groups is 1. The molecule has 1 heterocycles. The van der Waals surface area contributed by atoms with E-state index >= 15 is 0 Å². The SMILES string of the molecule is COc1ccc(/C=C2/SC(=Nc3cccc(C(=O)O)c3)N(C)C2=O)c(OC)c1. The maximum atomic E-state index is 12.6. The monoisotopic (exact) mass is 398 g/mol. The molecule has 28 heavy (non-hydrogen) atoms. The number of benzene rings is 2. The molecule has 7 nitrogen and oxygen atoms in total. The maximum absolute atomic E-state index is 12.6. The van der Waals surface area contributed by atoms with Gasteiger partial charge >= 0.3 is 5.97 Å². The molecule has 1 fully saturated rings. The van der Waals surface area contributed by atoms with Crippen LogP contribution in [0.2, 0.25) is 0 Å². The molecule has 0 radical (unpaired) electrons. The first-order valence-electron chi connectivity index (χ1n) is 8.24. The Balaban J connectivity index is 1.92. The fraction of sp³-hybridized carbons (Fsp3) is 0.150. The topological polar surface area (TPSA) is 88.4 Å². The van der Waals surface area contributed by atoms with Crippen molar-refractivity contribution < 1.29 is 24.2 Å². The van der Waals surface area contributed by atoms with Gasteiger partial charge in [0.25, 0.3) is 5.91 Å². The van der Waals surface area contributed by atoms with Crippen LogP contribution < -0.4 is 9.47 Å². The van der Waals surface area contributed by atoms with Crippen molar-refractivity contribution in [3.05, 3.63) is 58.5 Å². The lowest BCUT2D eigenvalue weighted by Gasteiger charge is -2.08. The first-order chi connectivity index (χ1) is 13.4. The van der Waals surface area contributed by atoms with Gasteiger partial charge in [0.15, 0.2) is 5.17 Å². The molecule has 144 valence electrons. The third-order valence-electron chi connectivity index (χ3n) is 4.05. The fourth-order valence-electron chi connectivity index (χ4n) is 2.55. The minimum atomic E-state index is -1.03. The Hall–Kier alpha value is -3.26. The van der Waals surface area contributed by atoms with Crippen LogP contribution in [0, 0.1) is 0 Å². The molecule has 1 amide bonds. The van der Waals surface area contributed by atoms with Crippen molar-refractivity contribution in [2.75, 3.05) is 21.3 Å². The number of hydrogen-bond acceptors (Lipinski definition) is 6. The van der Waals surface area contributed by atoms with Gasteiger partial charge in [-0.1, -0.05) is 6.07 Å². The third kappa shape index (κ3) is 4.01. The van der Waals surface area contributed by atoms with Gasteiger partial charge < -0.3 is 14.6 Å². The Morgan fingerprint density at radius 3 is 2.64 bits per heavy atom. The van der Waals surface area contributed by atoms with Crippen molar-refractivity contribution in [2.24, 2.45) is 4.99 Å². The number of carboxylic acid groups (broad SMARTS) is 1. The average Bonchev–Trinajstić information content (AvgIpc) is 2.96. The quantitative estimate of drug-likeness (QED) is 0.774. The Morgan fingerprint density at radius 1 is 1.18 bits per heavy atom. The van der Waals surface area contributed by atoms with E-state index in [4.69, 9.17) is 14.6 Å². The summed E-state index contributed by atoms with van der Waals surface area (Å²) in [6.07, 6.45) is 1.73. The number of hydrogen-bond donors (Lipinski definition) is 1. The van der Waals surface area contributed by atoms with Gasteiger partial charge in [-0.3, -0.25) is 9.69 Å². The standard InChI is InChI=1S/C20H18N2O5S/c1-22-18(23)17(10-12-7-8-15(26-2)11-16(12)27-3)28-20(22)21-14-6-4-5-13(9-14)19(24)25/h4-11H,1-3H3,(H,24,25)/b17-10+,21-20?. The number of rotatable bonds is 5. The van der Waals surface area contributed by atoms with Crippen molar-refractivity contribution in [3.8, 4) is 11.5 Å². The predicted molar refractivity (Wildman–Crippen MR) is 108 cm³/mol. The molecule has 8 heteroatoms. The van der Waals surface area contributed by atoms with E-state index in [-0.39, 0.29) is 11.5 Å². The zero-order chi connectivity index (χ0) is 20.3. The van der Waals surface area contributed by atoms with Crippen LogP contribution in [0.4, 0.5) is 5.69 Å². The molecule has 0 atom stereocenters. The first-order valence-corrected chi connectivity index (χ1v) is 9.06. The molecule has 2 aromatic carbocycles. The number of aliphatic imine (C=N–C) groups is 1. The van der Waals surface area contributed by atoms with Gasteiger partial charge in [0.2, 0.25) is 0 Å². The number of carbonyl (C=O) groups is 2. The van der Waals surface area contributed by atoms with Crippen LogP contribution in [0.15, 0.2) is 52.4 Å². The van der Waals surface area contributed by atoms with E-state index in [1.165, 1.54) is 28.8 Å². The second kappa shape index (κ2) is 8.18. The van der Waals surface area contributed by atoms with E-state index < -0.39 is 5.97 Å². The Morgan fingerprint density at radius 2 is 1.96 bits per heavy atom. The van der Waals surface area contributed by atoms with Crippen molar-refractivity contribution in [1.29, 1.82) is 0 Å².